The van der Waals surface area contributed by atoms with Crippen LogP contribution in [0.2, 0.25) is 0 Å². The van der Waals surface area contributed by atoms with Crippen LogP contribution in [-0.4, -0.2) is 42.8 Å². The predicted octanol–water partition coefficient (Wildman–Crippen LogP) is 7.08. The van der Waals surface area contributed by atoms with Crippen LogP contribution in [0, 0.1) is 0 Å². The highest BCUT2D eigenvalue weighted by Crippen LogP contribution is 2.58. The van der Waals surface area contributed by atoms with E-state index >= 15 is 0 Å². The number of carbonyl (C=O) groups excluding carboxylic acids is 2. The summed E-state index contributed by atoms with van der Waals surface area (Å²) >= 11 is 0. The van der Waals surface area contributed by atoms with Gasteiger partial charge < -0.3 is 5.32 Å². The van der Waals surface area contributed by atoms with Crippen LogP contribution < -0.4 is 5.32 Å². The van der Waals surface area contributed by atoms with E-state index in [4.69, 9.17) is 0 Å². The molecule has 0 spiro atoms. The lowest BCUT2D eigenvalue weighted by atomic mass is 9.76. The highest BCUT2D eigenvalue weighted by Gasteiger charge is 2.76. The Kier molecular flexibility index (Phi) is 6.37. The molecule has 0 amide bonds. The van der Waals surface area contributed by atoms with E-state index in [1.54, 1.807) is 5.32 Å². The third-order valence-electron chi connectivity index (χ3n) is 5.63. The quantitative estimate of drug-likeness (QED) is 0.332. The standard InChI is InChI=1S/C21H9F14NO2/c1-36-13-10(17(24,25)19(28,29)21(33,34)35)6-9(16(22,23)18(26,27)20(30,31)32)11-12(13)15(38)8-5-3-2-4-7(8)14(11)37/h2-6,36H,1H3. The van der Waals surface area contributed by atoms with Gasteiger partial charge in [-0.2, -0.15) is 61.5 Å². The van der Waals surface area contributed by atoms with Gasteiger partial charge in [0.1, 0.15) is 0 Å². The maximum absolute atomic E-state index is 14.8. The summed E-state index contributed by atoms with van der Waals surface area (Å²) < 4.78 is 192. The van der Waals surface area contributed by atoms with E-state index in [1.165, 1.54) is 0 Å². The van der Waals surface area contributed by atoms with Crippen molar-refractivity contribution in [1.82, 2.24) is 0 Å². The van der Waals surface area contributed by atoms with Crippen LogP contribution in [0.4, 0.5) is 67.2 Å². The third-order valence-corrected chi connectivity index (χ3v) is 5.63. The van der Waals surface area contributed by atoms with Gasteiger partial charge in [0, 0.05) is 29.3 Å². The maximum atomic E-state index is 14.8. The molecule has 0 saturated heterocycles. The van der Waals surface area contributed by atoms with E-state index in [0.29, 0.717) is 7.05 Å². The lowest BCUT2D eigenvalue weighted by molar-refractivity contribution is -0.361. The van der Waals surface area contributed by atoms with Gasteiger partial charge in [-0.25, -0.2) is 0 Å². The smallest absolute Gasteiger partial charge is 0.387 e. The fourth-order valence-corrected chi connectivity index (χ4v) is 3.74. The first-order valence-electron chi connectivity index (χ1n) is 9.71. The average Bonchev–Trinajstić information content (AvgIpc) is 2.79. The number of anilines is 1. The summed E-state index contributed by atoms with van der Waals surface area (Å²) in [6.45, 7) is 0. The van der Waals surface area contributed by atoms with E-state index in [0.717, 1.165) is 24.3 Å². The van der Waals surface area contributed by atoms with Gasteiger partial charge in [0.15, 0.2) is 11.6 Å². The first kappa shape index (κ1) is 29.2. The first-order valence-corrected chi connectivity index (χ1v) is 9.71. The minimum Gasteiger partial charge on any atom is -0.387 e. The highest BCUT2D eigenvalue weighted by molar-refractivity contribution is 6.31. The van der Waals surface area contributed by atoms with Crippen molar-refractivity contribution in [2.24, 2.45) is 0 Å². The number of benzene rings is 2. The number of halogens is 14. The van der Waals surface area contributed by atoms with Gasteiger partial charge in [-0.05, 0) is 6.07 Å². The molecule has 0 radical (unpaired) electrons. The molecule has 0 atom stereocenters. The third kappa shape index (κ3) is 3.72. The van der Waals surface area contributed by atoms with Gasteiger partial charge in [0.25, 0.3) is 0 Å². The first-order chi connectivity index (χ1) is 17.0. The van der Waals surface area contributed by atoms with Crippen molar-refractivity contribution < 1.29 is 71.1 Å². The number of ketones is 2. The van der Waals surface area contributed by atoms with E-state index < -0.39 is 92.7 Å². The van der Waals surface area contributed by atoms with Crippen molar-refractivity contribution in [3.8, 4) is 0 Å². The molecule has 0 fully saturated rings. The van der Waals surface area contributed by atoms with Crippen molar-refractivity contribution >= 4 is 17.3 Å². The summed E-state index contributed by atoms with van der Waals surface area (Å²) in [6, 6.07) is 2.29. The van der Waals surface area contributed by atoms with Gasteiger partial charge in [-0.1, -0.05) is 24.3 Å². The number of fused-ring (bicyclic) bond motifs is 2. The molecule has 1 aliphatic rings. The maximum Gasteiger partial charge on any atom is 0.460 e. The summed E-state index contributed by atoms with van der Waals surface area (Å²) in [6.07, 6.45) is -14.3. The molecule has 0 aliphatic heterocycles. The van der Waals surface area contributed by atoms with E-state index in [1.807, 2.05) is 0 Å². The van der Waals surface area contributed by atoms with Crippen molar-refractivity contribution in [2.45, 2.75) is 36.0 Å². The molecule has 0 saturated carbocycles. The van der Waals surface area contributed by atoms with Crippen LogP contribution in [0.5, 0.6) is 0 Å². The second-order valence-corrected chi connectivity index (χ2v) is 7.84. The Morgan fingerprint density at radius 3 is 1.32 bits per heavy atom. The zero-order valence-corrected chi connectivity index (χ0v) is 18.0. The highest BCUT2D eigenvalue weighted by atomic mass is 19.4. The van der Waals surface area contributed by atoms with Gasteiger partial charge in [-0.3, -0.25) is 9.59 Å². The molecule has 0 aromatic heterocycles. The van der Waals surface area contributed by atoms with E-state index in [9.17, 15) is 71.1 Å². The molecule has 17 heteroatoms. The Labute approximate surface area is 201 Å². The summed E-state index contributed by atoms with van der Waals surface area (Å²) in [5.74, 6) is -31.4. The summed E-state index contributed by atoms with van der Waals surface area (Å²) in [7, 11) is 0.501. The van der Waals surface area contributed by atoms with Crippen LogP contribution >= 0.6 is 0 Å². The van der Waals surface area contributed by atoms with E-state index in [-0.39, 0.29) is 0 Å². The van der Waals surface area contributed by atoms with Crippen LogP contribution in [0.15, 0.2) is 30.3 Å². The molecule has 2 aromatic rings. The van der Waals surface area contributed by atoms with Gasteiger partial charge in [0.05, 0.1) is 16.8 Å². The molecule has 3 rings (SSSR count). The lowest BCUT2D eigenvalue weighted by Crippen LogP contribution is -2.52. The number of nitrogens with one attached hydrogen (secondary N) is 1. The number of carbonyl (C=O) groups is 2. The SMILES string of the molecule is CNc1c(C(F)(F)C(F)(F)C(F)(F)F)cc(C(F)(F)C(F)(F)C(F)(F)F)c2c1C(=O)c1ccccc1C2=O. The largest absolute Gasteiger partial charge is 0.460 e. The molecule has 2 aromatic carbocycles. The summed E-state index contributed by atoms with van der Waals surface area (Å²) in [5.41, 5.74) is -13.3. The van der Waals surface area contributed by atoms with Gasteiger partial charge >= 0.3 is 36.0 Å². The Morgan fingerprint density at radius 2 is 0.947 bits per heavy atom. The van der Waals surface area contributed by atoms with Crippen molar-refractivity contribution in [3.63, 3.8) is 0 Å². The van der Waals surface area contributed by atoms with Crippen LogP contribution in [-0.2, 0) is 11.8 Å². The van der Waals surface area contributed by atoms with Crippen molar-refractivity contribution in [2.75, 3.05) is 12.4 Å². The fourth-order valence-electron chi connectivity index (χ4n) is 3.74. The van der Waals surface area contributed by atoms with E-state index in [2.05, 4.69) is 0 Å². The molecule has 0 unspecified atom stereocenters. The van der Waals surface area contributed by atoms with Gasteiger partial charge in [-0.15, -0.1) is 0 Å². The lowest BCUT2D eigenvalue weighted by Gasteiger charge is -2.35. The topological polar surface area (TPSA) is 46.2 Å². The zero-order valence-electron chi connectivity index (χ0n) is 18.0. The summed E-state index contributed by atoms with van der Waals surface area (Å²) in [5, 5.41) is 1.57. The monoisotopic (exact) mass is 573 g/mol. The average molecular weight is 573 g/mol. The molecular weight excluding hydrogens is 564 g/mol. The molecule has 0 bridgehead atoms. The Morgan fingerprint density at radius 1 is 0.579 bits per heavy atom. The van der Waals surface area contributed by atoms with Crippen molar-refractivity contribution in [3.05, 3.63) is 63.7 Å². The second-order valence-electron chi connectivity index (χ2n) is 7.84. The molecule has 0 heterocycles. The normalized spacial score (nSPS) is 15.3. The van der Waals surface area contributed by atoms with Gasteiger partial charge in [0.2, 0.25) is 0 Å². The molecule has 208 valence electrons. The summed E-state index contributed by atoms with van der Waals surface area (Å²) in [4.78, 5) is 25.9. The molecule has 38 heavy (non-hydrogen) atoms. The Hall–Kier alpha value is -3.40. The van der Waals surface area contributed by atoms with Crippen LogP contribution in [0.25, 0.3) is 0 Å². The molecule has 3 nitrogen and oxygen atoms in total. The second kappa shape index (κ2) is 8.30. The zero-order chi connectivity index (χ0) is 29.4. The van der Waals surface area contributed by atoms with Crippen LogP contribution in [0.3, 0.4) is 0 Å². The molecule has 1 N–H and O–H groups in total. The number of hydrogen-bond donors (Lipinski definition) is 1. The molecular formula is C21H9F14NO2. The number of hydrogen-bond acceptors (Lipinski definition) is 3. The Balaban J connectivity index is 2.60. The fraction of sp³-hybridized carbons (Fsp3) is 0.333. The van der Waals surface area contributed by atoms with Crippen molar-refractivity contribution in [1.29, 1.82) is 0 Å². The number of rotatable bonds is 5. The Bertz CT molecular complexity index is 1320. The van der Waals surface area contributed by atoms with Crippen LogP contribution in [0.1, 0.15) is 43.0 Å². The number of alkyl halides is 14. The molecule has 1 aliphatic carbocycles. The minimum absolute atomic E-state index is 0.501. The minimum atomic E-state index is -7.19. The predicted molar refractivity (Wildman–Crippen MR) is 99.1 cm³/mol.